The molecule has 32 heavy (non-hydrogen) atoms. The van der Waals surface area contributed by atoms with Crippen LogP contribution in [0.4, 0.5) is 26.1 Å². The Labute approximate surface area is 184 Å². The van der Waals surface area contributed by atoms with E-state index in [0.717, 1.165) is 37.6 Å². The van der Waals surface area contributed by atoms with Crippen LogP contribution in [0.5, 0.6) is 0 Å². The van der Waals surface area contributed by atoms with E-state index in [0.29, 0.717) is 11.6 Å². The number of hydrogen-bond acceptors (Lipinski definition) is 7. The lowest BCUT2D eigenvalue weighted by molar-refractivity contribution is -0.124. The summed E-state index contributed by atoms with van der Waals surface area (Å²) in [7, 11) is 0. The Kier molecular flexibility index (Phi) is 5.19. The number of imidazole rings is 1. The first kappa shape index (κ1) is 20.3. The highest BCUT2D eigenvalue weighted by Gasteiger charge is 2.48. The topological polar surface area (TPSA) is 85.9 Å². The summed E-state index contributed by atoms with van der Waals surface area (Å²) in [5.41, 5.74) is 2.35. The number of aromatic nitrogens is 4. The zero-order valence-electron chi connectivity index (χ0n) is 17.3. The highest BCUT2D eigenvalue weighted by molar-refractivity contribution is 5.54. The number of nitriles is 1. The second-order valence-electron chi connectivity index (χ2n) is 8.15. The van der Waals surface area contributed by atoms with Crippen molar-refractivity contribution in [3.8, 4) is 11.8 Å². The van der Waals surface area contributed by atoms with Crippen molar-refractivity contribution < 1.29 is 8.78 Å². The van der Waals surface area contributed by atoms with Gasteiger partial charge >= 0.3 is 0 Å². The molecule has 1 N–H and O–H groups in total. The maximum atomic E-state index is 13.1. The average Bonchev–Trinajstić information content (AvgIpc) is 3.27. The second-order valence-corrected chi connectivity index (χ2v) is 8.15. The van der Waals surface area contributed by atoms with Crippen molar-refractivity contribution in [1.82, 2.24) is 24.4 Å². The predicted molar refractivity (Wildman–Crippen MR) is 115 cm³/mol. The lowest BCUT2D eigenvalue weighted by Gasteiger charge is -2.46. The molecule has 1 aliphatic heterocycles. The van der Waals surface area contributed by atoms with Crippen LogP contribution in [0.3, 0.4) is 0 Å². The molecule has 0 amide bonds. The van der Waals surface area contributed by atoms with Gasteiger partial charge in [0.05, 0.1) is 18.6 Å². The number of halogens is 2. The number of hydrogen-bond donors (Lipinski definition) is 1. The quantitative estimate of drug-likeness (QED) is 0.657. The van der Waals surface area contributed by atoms with Crippen molar-refractivity contribution in [3.05, 3.63) is 54.9 Å². The molecule has 10 heteroatoms. The molecule has 2 fully saturated rings. The van der Waals surface area contributed by atoms with Gasteiger partial charge in [0.15, 0.2) is 5.69 Å². The van der Waals surface area contributed by atoms with Gasteiger partial charge in [0.2, 0.25) is 0 Å². The van der Waals surface area contributed by atoms with E-state index >= 15 is 0 Å². The summed E-state index contributed by atoms with van der Waals surface area (Å²) in [5.74, 6) is -1.34. The molecule has 2 aliphatic rings. The third kappa shape index (κ3) is 4.24. The van der Waals surface area contributed by atoms with Gasteiger partial charge in [0, 0.05) is 56.4 Å². The van der Waals surface area contributed by atoms with Gasteiger partial charge in [-0.15, -0.1) is 0 Å². The maximum Gasteiger partial charge on any atom is 0.251 e. The average molecular weight is 436 g/mol. The van der Waals surface area contributed by atoms with Crippen LogP contribution in [0.2, 0.25) is 0 Å². The summed E-state index contributed by atoms with van der Waals surface area (Å²) in [5, 5.41) is 11.9. The van der Waals surface area contributed by atoms with E-state index < -0.39 is 5.92 Å². The van der Waals surface area contributed by atoms with Crippen LogP contribution >= 0.6 is 0 Å². The van der Waals surface area contributed by atoms with E-state index in [-0.39, 0.29) is 24.6 Å². The number of benzene rings is 1. The van der Waals surface area contributed by atoms with Gasteiger partial charge in [0.25, 0.3) is 5.92 Å². The van der Waals surface area contributed by atoms with E-state index in [9.17, 15) is 8.78 Å². The molecule has 3 heterocycles. The summed E-state index contributed by atoms with van der Waals surface area (Å²) in [4.78, 5) is 16.9. The van der Waals surface area contributed by atoms with Gasteiger partial charge in [-0.05, 0) is 24.3 Å². The van der Waals surface area contributed by atoms with Crippen LogP contribution < -0.4 is 10.2 Å². The van der Waals surface area contributed by atoms with Crippen LogP contribution in [-0.4, -0.2) is 62.6 Å². The molecular weight excluding hydrogens is 414 g/mol. The monoisotopic (exact) mass is 436 g/mol. The normalized spacial score (nSPS) is 18.7. The van der Waals surface area contributed by atoms with Crippen molar-refractivity contribution >= 4 is 17.3 Å². The van der Waals surface area contributed by atoms with Gasteiger partial charge in [-0.2, -0.15) is 5.26 Å². The lowest BCUT2D eigenvalue weighted by atomic mass is 9.86. The third-order valence-corrected chi connectivity index (χ3v) is 6.02. The molecule has 2 aromatic heterocycles. The minimum Gasteiger partial charge on any atom is -0.369 e. The predicted octanol–water partition coefficient (Wildman–Crippen LogP) is 3.20. The van der Waals surface area contributed by atoms with E-state index in [2.05, 4.69) is 42.2 Å². The van der Waals surface area contributed by atoms with Crippen molar-refractivity contribution in [2.75, 3.05) is 36.4 Å². The Balaban J connectivity index is 1.18. The number of rotatable bonds is 5. The van der Waals surface area contributed by atoms with Crippen molar-refractivity contribution in [2.45, 2.75) is 24.8 Å². The molecule has 3 aromatic rings. The summed E-state index contributed by atoms with van der Waals surface area (Å²) in [6.45, 7) is 3.31. The molecule has 1 saturated heterocycles. The molecule has 164 valence electrons. The molecule has 1 saturated carbocycles. The van der Waals surface area contributed by atoms with E-state index in [1.54, 1.807) is 6.33 Å². The third-order valence-electron chi connectivity index (χ3n) is 6.02. The van der Waals surface area contributed by atoms with Crippen LogP contribution in [-0.2, 0) is 0 Å². The fourth-order valence-electron chi connectivity index (χ4n) is 4.18. The van der Waals surface area contributed by atoms with Gasteiger partial charge in [-0.1, -0.05) is 0 Å². The van der Waals surface area contributed by atoms with E-state index in [1.807, 2.05) is 29.0 Å². The molecule has 0 unspecified atom stereocenters. The molecule has 0 atom stereocenters. The van der Waals surface area contributed by atoms with Gasteiger partial charge in [-0.25, -0.2) is 23.7 Å². The molecule has 0 spiro atoms. The molecule has 0 bridgehead atoms. The van der Waals surface area contributed by atoms with Crippen molar-refractivity contribution in [2.24, 2.45) is 0 Å². The molecule has 1 aromatic carbocycles. The SMILES string of the molecule is N#Cc1cnc(Nc2cn(-c3ccc(N4CCN(C5CC(F)(F)C5)CC4)cc3)cn2)cn1. The smallest absolute Gasteiger partial charge is 0.251 e. The first-order valence-corrected chi connectivity index (χ1v) is 10.5. The summed E-state index contributed by atoms with van der Waals surface area (Å²) < 4.78 is 28.2. The molecule has 5 rings (SSSR count). The minimum atomic E-state index is -2.46. The Morgan fingerprint density at radius 2 is 1.66 bits per heavy atom. The summed E-state index contributed by atoms with van der Waals surface area (Å²) >= 11 is 0. The highest BCUT2D eigenvalue weighted by Crippen LogP contribution is 2.40. The van der Waals surface area contributed by atoms with Crippen LogP contribution in [0, 0.1) is 11.3 Å². The zero-order valence-corrected chi connectivity index (χ0v) is 17.3. The molecule has 1 aliphatic carbocycles. The van der Waals surface area contributed by atoms with Crippen molar-refractivity contribution in [3.63, 3.8) is 0 Å². The fraction of sp³-hybridized carbons (Fsp3) is 0.364. The first-order valence-electron chi connectivity index (χ1n) is 10.5. The van der Waals surface area contributed by atoms with E-state index in [4.69, 9.17) is 5.26 Å². The Morgan fingerprint density at radius 3 is 2.28 bits per heavy atom. The minimum absolute atomic E-state index is 0.00119. The van der Waals surface area contributed by atoms with Crippen LogP contribution in [0.15, 0.2) is 49.2 Å². The maximum absolute atomic E-state index is 13.1. The van der Waals surface area contributed by atoms with Gasteiger partial charge in [-0.3, -0.25) is 4.90 Å². The fourth-order valence-corrected chi connectivity index (χ4v) is 4.18. The standard InChI is InChI=1S/C22H22F2N8/c23-22(24)9-19(10-22)31-7-5-30(6-8-31)17-1-3-18(4-2-17)32-14-21(28-15-32)29-20-13-26-16(11-25)12-27-20/h1-4,12-15,19H,5-10H2,(H,27,29). The Hall–Kier alpha value is -3.58. The Morgan fingerprint density at radius 1 is 0.938 bits per heavy atom. The summed E-state index contributed by atoms with van der Waals surface area (Å²) in [6.07, 6.45) is 6.45. The molecule has 8 nitrogen and oxygen atoms in total. The van der Waals surface area contributed by atoms with Crippen molar-refractivity contribution in [1.29, 1.82) is 5.26 Å². The van der Waals surface area contributed by atoms with Crippen LogP contribution in [0.25, 0.3) is 5.69 Å². The van der Waals surface area contributed by atoms with Gasteiger partial charge in [0.1, 0.15) is 24.0 Å². The molecule has 0 radical (unpaired) electrons. The molecular formula is C22H22F2N8. The lowest BCUT2D eigenvalue weighted by Crippen LogP contribution is -2.57. The highest BCUT2D eigenvalue weighted by atomic mass is 19.3. The second kappa shape index (κ2) is 8.16. The van der Waals surface area contributed by atoms with E-state index in [1.165, 1.54) is 12.4 Å². The number of piperazine rings is 1. The van der Waals surface area contributed by atoms with Gasteiger partial charge < -0.3 is 14.8 Å². The first-order chi connectivity index (χ1) is 15.5. The summed E-state index contributed by atoms with van der Waals surface area (Å²) in [6, 6.07) is 10.2. The number of nitrogens with zero attached hydrogens (tertiary/aromatic N) is 7. The zero-order chi connectivity index (χ0) is 22.1. The largest absolute Gasteiger partial charge is 0.369 e. The number of anilines is 3. The van der Waals surface area contributed by atoms with Crippen LogP contribution in [0.1, 0.15) is 18.5 Å². The Bertz CT molecular complexity index is 1100. The number of alkyl halides is 2. The number of nitrogens with one attached hydrogen (secondary N) is 1.